The Balaban J connectivity index is 2.15. The van der Waals surface area contributed by atoms with E-state index >= 15 is 0 Å². The molecule has 0 N–H and O–H groups in total. The minimum absolute atomic E-state index is 0.549. The summed E-state index contributed by atoms with van der Waals surface area (Å²) in [4.78, 5) is 4.87. The number of thioether (sulfide) groups is 1. The van der Waals surface area contributed by atoms with Gasteiger partial charge < -0.3 is 4.57 Å². The average Bonchev–Trinajstić information content (AvgIpc) is 3.09. The van der Waals surface area contributed by atoms with Gasteiger partial charge >= 0.3 is 0 Å². The van der Waals surface area contributed by atoms with Gasteiger partial charge in [-0.25, -0.2) is 4.98 Å². The highest BCUT2D eigenvalue weighted by Crippen LogP contribution is 2.33. The van der Waals surface area contributed by atoms with Crippen LogP contribution in [0.1, 0.15) is 37.3 Å². The maximum Gasteiger partial charge on any atom is 0.158 e. The Hall–Kier alpha value is -0.680. The summed E-state index contributed by atoms with van der Waals surface area (Å²) in [5.41, 5.74) is 3.40. The van der Waals surface area contributed by atoms with Crippen molar-refractivity contribution in [1.29, 1.82) is 0 Å². The molecule has 6 heteroatoms. The Kier molecular flexibility index (Phi) is 4.26. The summed E-state index contributed by atoms with van der Waals surface area (Å²) in [6, 6.07) is 0.549. The van der Waals surface area contributed by atoms with E-state index in [9.17, 15) is 0 Å². The topological polar surface area (TPSA) is 35.6 Å². The highest BCUT2D eigenvalue weighted by Gasteiger charge is 2.26. The lowest BCUT2D eigenvalue weighted by molar-refractivity contribution is 0.537. The standard InChI is InChI=1S/C14H21ClN4S/c1-3-4-11-13-14(18(2)17-11)19(10-6-8-20-9-10)12(16-13)5-7-15/h10H,3-9H2,1-2H3. The average molecular weight is 313 g/mol. The largest absolute Gasteiger partial charge is 0.309 e. The lowest BCUT2D eigenvalue weighted by Gasteiger charge is -2.15. The van der Waals surface area contributed by atoms with E-state index in [0.29, 0.717) is 11.9 Å². The van der Waals surface area contributed by atoms with E-state index in [4.69, 9.17) is 16.6 Å². The zero-order chi connectivity index (χ0) is 14.1. The number of nitrogens with zero attached hydrogens (tertiary/aromatic N) is 4. The van der Waals surface area contributed by atoms with Crippen LogP contribution >= 0.6 is 23.4 Å². The van der Waals surface area contributed by atoms with Gasteiger partial charge in [0.2, 0.25) is 0 Å². The van der Waals surface area contributed by atoms with E-state index in [0.717, 1.165) is 36.3 Å². The molecule has 4 nitrogen and oxygen atoms in total. The monoisotopic (exact) mass is 312 g/mol. The van der Waals surface area contributed by atoms with Gasteiger partial charge in [0.15, 0.2) is 5.65 Å². The fraction of sp³-hybridized carbons (Fsp3) is 0.714. The molecule has 1 aliphatic rings. The van der Waals surface area contributed by atoms with E-state index < -0.39 is 0 Å². The molecular formula is C14H21ClN4S. The molecule has 1 saturated heterocycles. The van der Waals surface area contributed by atoms with Crippen LogP contribution in [0.4, 0.5) is 0 Å². The summed E-state index contributed by atoms with van der Waals surface area (Å²) >= 11 is 8.00. The maximum atomic E-state index is 5.97. The fourth-order valence-electron chi connectivity index (χ4n) is 3.02. The summed E-state index contributed by atoms with van der Waals surface area (Å²) < 4.78 is 4.41. The zero-order valence-electron chi connectivity index (χ0n) is 12.1. The van der Waals surface area contributed by atoms with Crippen LogP contribution in [0.15, 0.2) is 0 Å². The molecule has 0 saturated carbocycles. The molecule has 0 aliphatic carbocycles. The fourth-order valence-corrected chi connectivity index (χ4v) is 4.39. The van der Waals surface area contributed by atoms with Gasteiger partial charge in [-0.05, 0) is 18.6 Å². The highest BCUT2D eigenvalue weighted by atomic mass is 35.5. The Bertz CT molecular complexity index is 598. The molecule has 3 heterocycles. The molecule has 0 radical (unpaired) electrons. The van der Waals surface area contributed by atoms with Gasteiger partial charge in [-0.1, -0.05) is 13.3 Å². The van der Waals surface area contributed by atoms with Gasteiger partial charge in [-0.2, -0.15) is 16.9 Å². The quantitative estimate of drug-likeness (QED) is 0.796. The SMILES string of the molecule is CCCc1nn(C)c2c1nc(CCCl)n2C1CCSC1. The third-order valence-corrected chi connectivity index (χ3v) is 5.22. The van der Waals surface area contributed by atoms with Crippen molar-refractivity contribution in [3.05, 3.63) is 11.5 Å². The van der Waals surface area contributed by atoms with Crippen LogP contribution in [0, 0.1) is 0 Å². The lowest BCUT2D eigenvalue weighted by Crippen LogP contribution is -2.14. The summed E-state index contributed by atoms with van der Waals surface area (Å²) in [6.45, 7) is 2.19. The minimum atomic E-state index is 0.549. The molecule has 2 aromatic rings. The minimum Gasteiger partial charge on any atom is -0.309 e. The van der Waals surface area contributed by atoms with Crippen LogP contribution in [-0.2, 0) is 19.9 Å². The van der Waals surface area contributed by atoms with E-state index in [1.807, 2.05) is 23.5 Å². The molecule has 20 heavy (non-hydrogen) atoms. The Morgan fingerprint density at radius 2 is 2.25 bits per heavy atom. The van der Waals surface area contributed by atoms with Gasteiger partial charge in [0.05, 0.1) is 5.69 Å². The van der Waals surface area contributed by atoms with Crippen LogP contribution < -0.4 is 0 Å². The molecule has 0 bridgehead atoms. The highest BCUT2D eigenvalue weighted by molar-refractivity contribution is 7.99. The number of aryl methyl sites for hydroxylation is 3. The number of alkyl halides is 1. The zero-order valence-corrected chi connectivity index (χ0v) is 13.7. The summed E-state index contributed by atoms with van der Waals surface area (Å²) in [6.07, 6.45) is 4.15. The Morgan fingerprint density at radius 3 is 2.90 bits per heavy atom. The van der Waals surface area contributed by atoms with Gasteiger partial charge in [-0.15, -0.1) is 11.6 Å². The molecule has 2 aromatic heterocycles. The number of imidazole rings is 1. The maximum absolute atomic E-state index is 5.97. The molecule has 1 atom stereocenters. The summed E-state index contributed by atoms with van der Waals surface area (Å²) in [5.74, 6) is 4.17. The van der Waals surface area contributed by atoms with Gasteiger partial charge in [0.25, 0.3) is 0 Å². The lowest BCUT2D eigenvalue weighted by atomic mass is 10.2. The van der Waals surface area contributed by atoms with Crippen molar-refractivity contribution in [1.82, 2.24) is 19.3 Å². The first-order valence-electron chi connectivity index (χ1n) is 7.32. The predicted molar refractivity (Wildman–Crippen MR) is 85.9 cm³/mol. The van der Waals surface area contributed by atoms with Gasteiger partial charge in [0, 0.05) is 31.1 Å². The molecule has 0 amide bonds. The molecular weight excluding hydrogens is 292 g/mol. The number of fused-ring (bicyclic) bond motifs is 1. The second kappa shape index (κ2) is 5.98. The van der Waals surface area contributed by atoms with Crippen LogP contribution in [0.5, 0.6) is 0 Å². The molecule has 3 rings (SSSR count). The predicted octanol–water partition coefficient (Wildman–Crippen LogP) is 3.18. The van der Waals surface area contributed by atoms with Gasteiger partial charge in [-0.3, -0.25) is 4.68 Å². The van der Waals surface area contributed by atoms with Crippen molar-refractivity contribution in [2.24, 2.45) is 7.05 Å². The number of hydrogen-bond acceptors (Lipinski definition) is 3. The van der Waals surface area contributed by atoms with Gasteiger partial charge in [0.1, 0.15) is 11.3 Å². The van der Waals surface area contributed by atoms with Crippen molar-refractivity contribution in [3.8, 4) is 0 Å². The van der Waals surface area contributed by atoms with Crippen LogP contribution in [0.25, 0.3) is 11.2 Å². The summed E-state index contributed by atoms with van der Waals surface area (Å²) in [5, 5.41) is 4.67. The second-order valence-electron chi connectivity index (χ2n) is 5.35. The van der Waals surface area contributed by atoms with E-state index in [1.54, 1.807) is 0 Å². The molecule has 1 unspecified atom stereocenters. The molecule has 1 aliphatic heterocycles. The first-order valence-corrected chi connectivity index (χ1v) is 9.01. The number of halogens is 1. The molecule has 110 valence electrons. The van der Waals surface area contributed by atoms with E-state index in [2.05, 4.69) is 16.6 Å². The molecule has 1 fully saturated rings. The van der Waals surface area contributed by atoms with Crippen molar-refractivity contribution < 1.29 is 0 Å². The van der Waals surface area contributed by atoms with Crippen LogP contribution in [-0.4, -0.2) is 36.7 Å². The van der Waals surface area contributed by atoms with Crippen molar-refractivity contribution in [2.75, 3.05) is 17.4 Å². The molecule has 0 spiro atoms. The van der Waals surface area contributed by atoms with Crippen molar-refractivity contribution in [3.63, 3.8) is 0 Å². The Morgan fingerprint density at radius 1 is 1.40 bits per heavy atom. The first kappa shape index (κ1) is 14.3. The van der Waals surface area contributed by atoms with E-state index in [1.165, 1.54) is 23.6 Å². The third kappa shape index (κ3) is 2.35. The third-order valence-electron chi connectivity index (χ3n) is 3.89. The smallest absolute Gasteiger partial charge is 0.158 e. The van der Waals surface area contributed by atoms with E-state index in [-0.39, 0.29) is 0 Å². The van der Waals surface area contributed by atoms with Crippen molar-refractivity contribution in [2.45, 2.75) is 38.6 Å². The Labute approximate surface area is 128 Å². The summed E-state index contributed by atoms with van der Waals surface area (Å²) in [7, 11) is 2.03. The van der Waals surface area contributed by atoms with Crippen LogP contribution in [0.3, 0.4) is 0 Å². The number of aromatic nitrogens is 4. The van der Waals surface area contributed by atoms with Crippen molar-refractivity contribution >= 4 is 34.5 Å². The second-order valence-corrected chi connectivity index (χ2v) is 6.87. The normalized spacial score (nSPS) is 19.2. The number of rotatable bonds is 5. The first-order chi connectivity index (χ1) is 9.76. The number of hydrogen-bond donors (Lipinski definition) is 0. The van der Waals surface area contributed by atoms with Crippen LogP contribution in [0.2, 0.25) is 0 Å². The molecule has 0 aromatic carbocycles.